The normalized spacial score (nSPS) is 19.7. The van der Waals surface area contributed by atoms with E-state index in [9.17, 15) is 9.90 Å². The molecule has 0 amide bonds. The van der Waals surface area contributed by atoms with Gasteiger partial charge in [-0.3, -0.25) is 4.79 Å². The van der Waals surface area contributed by atoms with E-state index >= 15 is 0 Å². The Labute approximate surface area is 152 Å². The zero-order valence-electron chi connectivity index (χ0n) is 15.2. The molecule has 2 aromatic rings. The highest BCUT2D eigenvalue weighted by Gasteiger charge is 2.31. The van der Waals surface area contributed by atoms with Crippen LogP contribution >= 0.6 is 0 Å². The highest BCUT2D eigenvalue weighted by molar-refractivity contribution is 5.51. The molecule has 1 aliphatic heterocycles. The quantitative estimate of drug-likeness (QED) is 0.657. The monoisotopic (exact) mass is 358 g/mol. The zero-order chi connectivity index (χ0) is 18.5. The number of hydrogen-bond donors (Lipinski definition) is 3. The van der Waals surface area contributed by atoms with Crippen LogP contribution in [-0.4, -0.2) is 58.9 Å². The number of nitrogens with one attached hydrogen (secondary N) is 2. The molecular formula is C18H26N6O2. The third kappa shape index (κ3) is 4.20. The van der Waals surface area contributed by atoms with Crippen LogP contribution in [0.25, 0.3) is 0 Å². The average Bonchev–Trinajstić information content (AvgIpc) is 3.03. The van der Waals surface area contributed by atoms with Gasteiger partial charge in [0, 0.05) is 57.1 Å². The number of anilines is 2. The molecule has 3 N–H and O–H groups in total. The lowest BCUT2D eigenvalue weighted by Gasteiger charge is -2.26. The lowest BCUT2D eigenvalue weighted by Crippen LogP contribution is -2.39. The van der Waals surface area contributed by atoms with Crippen molar-refractivity contribution >= 4 is 11.6 Å². The first-order valence-corrected chi connectivity index (χ1v) is 8.93. The third-order valence-electron chi connectivity index (χ3n) is 4.79. The Morgan fingerprint density at radius 3 is 3.08 bits per heavy atom. The molecule has 0 spiro atoms. The van der Waals surface area contributed by atoms with Gasteiger partial charge in [-0.1, -0.05) is 6.07 Å². The molecule has 3 rings (SSSR count). The first-order valence-electron chi connectivity index (χ1n) is 8.93. The van der Waals surface area contributed by atoms with Crippen LogP contribution in [0.5, 0.6) is 0 Å². The van der Waals surface area contributed by atoms with E-state index in [2.05, 4.69) is 32.1 Å². The van der Waals surface area contributed by atoms with Crippen LogP contribution < -0.4 is 20.7 Å². The largest absolute Gasteiger partial charge is 0.391 e. The van der Waals surface area contributed by atoms with Gasteiger partial charge < -0.3 is 25.2 Å². The molecule has 0 saturated carbocycles. The number of H-pyrrole nitrogens is 1. The minimum atomic E-state index is -0.385. The van der Waals surface area contributed by atoms with Gasteiger partial charge in [-0.05, 0) is 19.4 Å². The summed E-state index contributed by atoms with van der Waals surface area (Å²) < 4.78 is 0. The highest BCUT2D eigenvalue weighted by Crippen LogP contribution is 2.25. The molecule has 1 saturated heterocycles. The SMILES string of the molecule is CCN(C)c1cc(N2C[C@H](O)C[C@@H]2CNCc2ccc[nH]c2=O)ncn1. The zero-order valence-corrected chi connectivity index (χ0v) is 15.2. The summed E-state index contributed by atoms with van der Waals surface area (Å²) in [7, 11) is 1.99. The van der Waals surface area contributed by atoms with Gasteiger partial charge in [0.2, 0.25) is 0 Å². The molecule has 0 bridgehead atoms. The van der Waals surface area contributed by atoms with Crippen LogP contribution in [-0.2, 0) is 6.54 Å². The molecule has 8 heteroatoms. The van der Waals surface area contributed by atoms with Gasteiger partial charge in [0.1, 0.15) is 18.0 Å². The maximum absolute atomic E-state index is 11.7. The Morgan fingerprint density at radius 1 is 1.46 bits per heavy atom. The summed E-state index contributed by atoms with van der Waals surface area (Å²) in [6.45, 7) is 4.62. The van der Waals surface area contributed by atoms with Gasteiger partial charge >= 0.3 is 0 Å². The van der Waals surface area contributed by atoms with Crippen molar-refractivity contribution in [3.8, 4) is 0 Å². The molecule has 2 aromatic heterocycles. The van der Waals surface area contributed by atoms with E-state index in [4.69, 9.17) is 0 Å². The number of aromatic nitrogens is 3. The molecule has 1 aliphatic rings. The number of rotatable bonds is 7. The molecule has 2 atom stereocenters. The van der Waals surface area contributed by atoms with Crippen LogP contribution in [0.2, 0.25) is 0 Å². The van der Waals surface area contributed by atoms with Gasteiger partial charge in [0.05, 0.1) is 6.10 Å². The van der Waals surface area contributed by atoms with Crippen molar-refractivity contribution in [2.75, 3.05) is 36.5 Å². The minimum Gasteiger partial charge on any atom is -0.391 e. The highest BCUT2D eigenvalue weighted by atomic mass is 16.3. The molecule has 26 heavy (non-hydrogen) atoms. The first-order chi connectivity index (χ1) is 12.6. The topological polar surface area (TPSA) is 97.4 Å². The summed E-state index contributed by atoms with van der Waals surface area (Å²) in [5.74, 6) is 1.68. The Morgan fingerprint density at radius 2 is 2.31 bits per heavy atom. The average molecular weight is 358 g/mol. The number of β-amino-alcohol motifs (C(OH)–C–C–N with tert-alkyl or cyclic N) is 1. The van der Waals surface area contributed by atoms with Gasteiger partial charge in [-0.15, -0.1) is 0 Å². The maximum atomic E-state index is 11.7. The Hall–Kier alpha value is -2.45. The lowest BCUT2D eigenvalue weighted by molar-refractivity contribution is 0.194. The summed E-state index contributed by atoms with van der Waals surface area (Å²) >= 11 is 0. The van der Waals surface area contributed by atoms with Crippen LogP contribution in [0.1, 0.15) is 18.9 Å². The van der Waals surface area contributed by atoms with Crippen molar-refractivity contribution in [2.45, 2.75) is 32.0 Å². The fraction of sp³-hybridized carbons (Fsp3) is 0.500. The second kappa shape index (κ2) is 8.29. The van der Waals surface area contributed by atoms with E-state index in [0.717, 1.165) is 18.2 Å². The molecule has 0 radical (unpaired) electrons. The first kappa shape index (κ1) is 18.3. The van der Waals surface area contributed by atoms with Gasteiger partial charge in [0.25, 0.3) is 5.56 Å². The van der Waals surface area contributed by atoms with Crippen LogP contribution in [0.4, 0.5) is 11.6 Å². The van der Waals surface area contributed by atoms with Gasteiger partial charge in [-0.25, -0.2) is 9.97 Å². The van der Waals surface area contributed by atoms with Gasteiger partial charge in [0.15, 0.2) is 0 Å². The predicted molar refractivity (Wildman–Crippen MR) is 102 cm³/mol. The number of hydrogen-bond acceptors (Lipinski definition) is 7. The Bertz CT molecular complexity index is 780. The fourth-order valence-electron chi connectivity index (χ4n) is 3.20. The number of aliphatic hydroxyl groups excluding tert-OH is 1. The van der Waals surface area contributed by atoms with Crippen LogP contribution in [0.3, 0.4) is 0 Å². The number of aromatic amines is 1. The minimum absolute atomic E-state index is 0.0774. The molecule has 140 valence electrons. The van der Waals surface area contributed by atoms with E-state index < -0.39 is 0 Å². The summed E-state index contributed by atoms with van der Waals surface area (Å²) in [4.78, 5) is 27.3. The predicted octanol–water partition coefficient (Wildman–Crippen LogP) is 0.350. The van der Waals surface area contributed by atoms with Crippen LogP contribution in [0.15, 0.2) is 35.5 Å². The fourth-order valence-corrected chi connectivity index (χ4v) is 3.20. The van der Waals surface area contributed by atoms with Crippen molar-refractivity contribution in [3.63, 3.8) is 0 Å². The second-order valence-corrected chi connectivity index (χ2v) is 6.60. The molecule has 3 heterocycles. The van der Waals surface area contributed by atoms with Crippen LogP contribution in [0, 0.1) is 0 Å². The van der Waals surface area contributed by atoms with Gasteiger partial charge in [-0.2, -0.15) is 0 Å². The molecule has 8 nitrogen and oxygen atoms in total. The lowest BCUT2D eigenvalue weighted by atomic mass is 10.2. The van der Waals surface area contributed by atoms with E-state index in [-0.39, 0.29) is 17.7 Å². The van der Waals surface area contributed by atoms with Crippen molar-refractivity contribution in [3.05, 3.63) is 46.6 Å². The van der Waals surface area contributed by atoms with E-state index in [0.29, 0.717) is 31.6 Å². The smallest absolute Gasteiger partial charge is 0.252 e. The van der Waals surface area contributed by atoms with E-state index in [1.54, 1.807) is 12.5 Å². The molecule has 0 unspecified atom stereocenters. The Balaban J connectivity index is 1.67. The number of nitrogens with zero attached hydrogens (tertiary/aromatic N) is 4. The van der Waals surface area contributed by atoms with Crippen molar-refractivity contribution < 1.29 is 5.11 Å². The summed E-state index contributed by atoms with van der Waals surface area (Å²) in [6, 6.07) is 5.69. The maximum Gasteiger partial charge on any atom is 0.252 e. The number of aliphatic hydroxyl groups is 1. The summed E-state index contributed by atoms with van der Waals surface area (Å²) in [5.41, 5.74) is 0.623. The molecular weight excluding hydrogens is 332 g/mol. The molecule has 1 fully saturated rings. The van der Waals surface area contributed by atoms with E-state index in [1.165, 1.54) is 0 Å². The molecule has 0 aliphatic carbocycles. The molecule has 0 aromatic carbocycles. The second-order valence-electron chi connectivity index (χ2n) is 6.60. The summed E-state index contributed by atoms with van der Waals surface area (Å²) in [5, 5.41) is 13.5. The van der Waals surface area contributed by atoms with E-state index in [1.807, 2.05) is 30.1 Å². The number of pyridine rings is 1. The van der Waals surface area contributed by atoms with Crippen molar-refractivity contribution in [1.82, 2.24) is 20.3 Å². The van der Waals surface area contributed by atoms with Crippen molar-refractivity contribution in [2.24, 2.45) is 0 Å². The van der Waals surface area contributed by atoms with Crippen molar-refractivity contribution in [1.29, 1.82) is 0 Å². The third-order valence-corrected chi connectivity index (χ3v) is 4.79. The summed E-state index contributed by atoms with van der Waals surface area (Å²) in [6.07, 6.45) is 3.47. The standard InChI is InChI=1S/C18H26N6O2/c1-3-23(2)16-8-17(22-12-21-16)24-11-15(25)7-14(24)10-19-9-13-5-4-6-20-18(13)26/h4-6,8,12,14-15,19,25H,3,7,9-11H2,1-2H3,(H,20,26)/t14-,15-/m1/s1. The Kier molecular flexibility index (Phi) is 5.85.